The minimum atomic E-state index is -3.81. The third-order valence-corrected chi connectivity index (χ3v) is 6.47. The number of methoxy groups -OCH3 is 2. The summed E-state index contributed by atoms with van der Waals surface area (Å²) >= 11 is 0. The van der Waals surface area contributed by atoms with Gasteiger partial charge in [0, 0.05) is 0 Å². The molecule has 0 aliphatic rings. The van der Waals surface area contributed by atoms with Crippen LogP contribution in [0.25, 0.3) is 0 Å². The Kier molecular flexibility index (Phi) is 5.90. The minimum absolute atomic E-state index is 0.201. The molecule has 0 unspecified atom stereocenters. The van der Waals surface area contributed by atoms with Gasteiger partial charge in [-0.2, -0.15) is 0 Å². The van der Waals surface area contributed by atoms with E-state index in [4.69, 9.17) is 9.47 Å². The Morgan fingerprint density at radius 2 is 1.43 bits per heavy atom. The number of benzene rings is 3. The van der Waals surface area contributed by atoms with Crippen LogP contribution < -0.4 is 13.8 Å². The number of nitrogens with zero attached hydrogens (tertiary/aromatic N) is 1. The number of rotatable bonds is 7. The molecule has 0 fully saturated rings. The maximum Gasteiger partial charge on any atom is 0.264 e. The zero-order chi connectivity index (χ0) is 20.1. The van der Waals surface area contributed by atoms with Crippen LogP contribution >= 0.6 is 0 Å². The molecule has 1 atom stereocenters. The first kappa shape index (κ1) is 19.8. The molecule has 6 heteroatoms. The van der Waals surface area contributed by atoms with Crippen LogP contribution in [-0.2, 0) is 10.0 Å². The van der Waals surface area contributed by atoms with Crippen LogP contribution in [-0.4, -0.2) is 22.6 Å². The molecular weight excluding hydrogens is 374 g/mol. The van der Waals surface area contributed by atoms with Crippen LogP contribution in [0.15, 0.2) is 83.8 Å². The van der Waals surface area contributed by atoms with Gasteiger partial charge in [0.05, 0.1) is 30.8 Å². The van der Waals surface area contributed by atoms with E-state index < -0.39 is 16.1 Å². The van der Waals surface area contributed by atoms with Crippen molar-refractivity contribution in [1.29, 1.82) is 0 Å². The SMILES string of the molecule is COc1ccc(S(=O)(=O)N(c2ccccc2)[C@H](C)c2cccc(OC)c2)cc1. The van der Waals surface area contributed by atoms with Gasteiger partial charge in [-0.15, -0.1) is 0 Å². The summed E-state index contributed by atoms with van der Waals surface area (Å²) in [7, 11) is -0.673. The standard InChI is InChI=1S/C22H23NO4S/c1-17(18-8-7-11-21(16-18)27-3)23(19-9-5-4-6-10-19)28(24,25)22-14-12-20(26-2)13-15-22/h4-17H,1-3H3/t17-/m1/s1. The number of anilines is 1. The Morgan fingerprint density at radius 1 is 0.786 bits per heavy atom. The quantitative estimate of drug-likeness (QED) is 0.582. The molecule has 0 aliphatic heterocycles. The van der Waals surface area contributed by atoms with Crippen LogP contribution in [0.3, 0.4) is 0 Å². The first-order valence-electron chi connectivity index (χ1n) is 8.85. The van der Waals surface area contributed by atoms with Crippen molar-refractivity contribution in [2.24, 2.45) is 0 Å². The summed E-state index contributed by atoms with van der Waals surface area (Å²) in [4.78, 5) is 0.201. The Morgan fingerprint density at radius 3 is 2.04 bits per heavy atom. The molecule has 3 aromatic carbocycles. The molecule has 3 rings (SSSR count). The molecule has 0 bridgehead atoms. The molecular formula is C22H23NO4S. The molecule has 146 valence electrons. The Hall–Kier alpha value is -2.99. The second-order valence-corrected chi connectivity index (χ2v) is 8.08. The third-order valence-electron chi connectivity index (χ3n) is 4.55. The van der Waals surface area contributed by atoms with Gasteiger partial charge >= 0.3 is 0 Å². The van der Waals surface area contributed by atoms with Crippen molar-refractivity contribution in [3.8, 4) is 11.5 Å². The lowest BCUT2D eigenvalue weighted by Gasteiger charge is -2.31. The molecule has 0 N–H and O–H groups in total. The topological polar surface area (TPSA) is 55.8 Å². The molecule has 5 nitrogen and oxygen atoms in total. The fourth-order valence-electron chi connectivity index (χ4n) is 3.04. The van der Waals surface area contributed by atoms with Crippen LogP contribution in [0.5, 0.6) is 11.5 Å². The molecule has 0 spiro atoms. The van der Waals surface area contributed by atoms with E-state index in [1.165, 1.54) is 4.31 Å². The van der Waals surface area contributed by atoms with Crippen molar-refractivity contribution in [2.75, 3.05) is 18.5 Å². The van der Waals surface area contributed by atoms with Crippen LogP contribution in [0.2, 0.25) is 0 Å². The number of hydrogen-bond acceptors (Lipinski definition) is 4. The molecule has 0 aromatic heterocycles. The Labute approximate surface area is 166 Å². The predicted molar refractivity (Wildman–Crippen MR) is 111 cm³/mol. The second kappa shape index (κ2) is 8.35. The van der Waals surface area contributed by atoms with Gasteiger partial charge in [-0.3, -0.25) is 4.31 Å². The van der Waals surface area contributed by atoms with E-state index in [1.807, 2.05) is 49.4 Å². The summed E-state index contributed by atoms with van der Waals surface area (Å²) in [6.07, 6.45) is 0. The first-order valence-corrected chi connectivity index (χ1v) is 10.3. The van der Waals surface area contributed by atoms with Crippen molar-refractivity contribution in [2.45, 2.75) is 17.9 Å². The fourth-order valence-corrected chi connectivity index (χ4v) is 4.69. The molecule has 0 saturated carbocycles. The lowest BCUT2D eigenvalue weighted by Crippen LogP contribution is -2.33. The number of sulfonamides is 1. The van der Waals surface area contributed by atoms with Crippen LogP contribution in [0.4, 0.5) is 5.69 Å². The summed E-state index contributed by atoms with van der Waals surface area (Å²) in [6, 6.07) is 22.5. The average Bonchev–Trinajstić information content (AvgIpc) is 2.74. The van der Waals surface area contributed by atoms with Crippen molar-refractivity contribution < 1.29 is 17.9 Å². The van der Waals surface area contributed by atoms with Gasteiger partial charge < -0.3 is 9.47 Å². The Bertz CT molecular complexity index is 1020. The average molecular weight is 397 g/mol. The van der Waals surface area contributed by atoms with Gasteiger partial charge in [0.2, 0.25) is 0 Å². The summed E-state index contributed by atoms with van der Waals surface area (Å²) in [5.41, 5.74) is 1.42. The van der Waals surface area contributed by atoms with Gasteiger partial charge in [0.15, 0.2) is 0 Å². The Balaban J connectivity index is 2.10. The third kappa shape index (κ3) is 3.97. The van der Waals surface area contributed by atoms with Gasteiger partial charge in [-0.25, -0.2) is 8.42 Å². The van der Waals surface area contributed by atoms with Crippen molar-refractivity contribution in [3.63, 3.8) is 0 Å². The summed E-state index contributed by atoms with van der Waals surface area (Å²) in [6.45, 7) is 1.86. The predicted octanol–water partition coefficient (Wildman–Crippen LogP) is 4.66. The highest BCUT2D eigenvalue weighted by molar-refractivity contribution is 7.92. The van der Waals surface area contributed by atoms with E-state index in [1.54, 1.807) is 50.6 Å². The van der Waals surface area contributed by atoms with Gasteiger partial charge in [0.1, 0.15) is 11.5 Å². The van der Waals surface area contributed by atoms with Crippen molar-refractivity contribution >= 4 is 15.7 Å². The highest BCUT2D eigenvalue weighted by Crippen LogP contribution is 2.34. The number of hydrogen-bond donors (Lipinski definition) is 0. The van der Waals surface area contributed by atoms with Crippen molar-refractivity contribution in [1.82, 2.24) is 0 Å². The zero-order valence-corrected chi connectivity index (χ0v) is 16.9. The van der Waals surface area contributed by atoms with E-state index in [0.717, 1.165) is 5.56 Å². The maximum atomic E-state index is 13.6. The van der Waals surface area contributed by atoms with E-state index in [9.17, 15) is 8.42 Å². The lowest BCUT2D eigenvalue weighted by atomic mass is 10.1. The fraction of sp³-hybridized carbons (Fsp3) is 0.182. The maximum absolute atomic E-state index is 13.6. The smallest absolute Gasteiger partial charge is 0.264 e. The van der Waals surface area contributed by atoms with Crippen LogP contribution in [0.1, 0.15) is 18.5 Å². The van der Waals surface area contributed by atoms with Gasteiger partial charge in [-0.05, 0) is 61.0 Å². The number of ether oxygens (including phenoxy) is 2. The molecule has 0 radical (unpaired) electrons. The lowest BCUT2D eigenvalue weighted by molar-refractivity contribution is 0.414. The summed E-state index contributed by atoms with van der Waals surface area (Å²) < 4.78 is 39.0. The highest BCUT2D eigenvalue weighted by Gasteiger charge is 2.30. The normalized spacial score (nSPS) is 12.2. The van der Waals surface area contributed by atoms with Gasteiger partial charge in [0.25, 0.3) is 10.0 Å². The number of para-hydroxylation sites is 1. The largest absolute Gasteiger partial charge is 0.497 e. The van der Waals surface area contributed by atoms with Gasteiger partial charge in [-0.1, -0.05) is 30.3 Å². The molecule has 0 heterocycles. The summed E-state index contributed by atoms with van der Waals surface area (Å²) in [5.74, 6) is 1.28. The first-order chi connectivity index (χ1) is 13.5. The molecule has 28 heavy (non-hydrogen) atoms. The van der Waals surface area contributed by atoms with Crippen LogP contribution in [0, 0.1) is 0 Å². The highest BCUT2D eigenvalue weighted by atomic mass is 32.2. The minimum Gasteiger partial charge on any atom is -0.497 e. The molecule has 0 aliphatic carbocycles. The monoisotopic (exact) mass is 397 g/mol. The summed E-state index contributed by atoms with van der Waals surface area (Å²) in [5, 5.41) is 0. The van der Waals surface area contributed by atoms with E-state index in [0.29, 0.717) is 17.2 Å². The van der Waals surface area contributed by atoms with E-state index in [-0.39, 0.29) is 4.90 Å². The van der Waals surface area contributed by atoms with E-state index in [2.05, 4.69) is 0 Å². The zero-order valence-electron chi connectivity index (χ0n) is 16.1. The molecule has 3 aromatic rings. The molecule has 0 amide bonds. The van der Waals surface area contributed by atoms with E-state index >= 15 is 0 Å². The molecule has 0 saturated heterocycles. The van der Waals surface area contributed by atoms with Crippen molar-refractivity contribution in [3.05, 3.63) is 84.4 Å². The second-order valence-electron chi connectivity index (χ2n) is 6.26.